The molecule has 0 radical (unpaired) electrons. The van der Waals surface area contributed by atoms with E-state index in [-0.39, 0.29) is 24.6 Å². The van der Waals surface area contributed by atoms with E-state index in [1.165, 1.54) is 44.8 Å². The minimum Gasteiger partial charge on any atom is -0.372 e. The molecule has 224 valence electrons. The molecule has 4 rings (SSSR count). The number of hydrogen-bond acceptors (Lipinski definition) is 3. The Bertz CT molecular complexity index is 1270. The van der Waals surface area contributed by atoms with Crippen molar-refractivity contribution in [2.75, 3.05) is 36.0 Å². The Labute approximate surface area is 260 Å². The second kappa shape index (κ2) is 16.4. The van der Waals surface area contributed by atoms with Crippen LogP contribution in [0.2, 0.25) is 0 Å². The van der Waals surface area contributed by atoms with E-state index >= 15 is 0 Å². The fourth-order valence-electron chi connectivity index (χ4n) is 6.11. The van der Waals surface area contributed by atoms with Gasteiger partial charge in [0, 0.05) is 48.7 Å². The predicted molar refractivity (Wildman–Crippen MR) is 184 cm³/mol. The monoisotopic (exact) mass is 584 g/mol. The smallest absolute Gasteiger partial charge is 0.111 e. The normalized spacial score (nSPS) is 12.3. The van der Waals surface area contributed by atoms with Crippen LogP contribution in [0.25, 0.3) is 0 Å². The molecule has 3 nitrogen and oxygen atoms in total. The minimum atomic E-state index is -0.234. The minimum absolute atomic E-state index is 0. The van der Waals surface area contributed by atoms with Crippen molar-refractivity contribution in [2.24, 2.45) is 0 Å². The summed E-state index contributed by atoms with van der Waals surface area (Å²) in [5.74, 6) is 0. The van der Waals surface area contributed by atoms with Crippen LogP contribution in [0, 0.1) is 0 Å². The summed E-state index contributed by atoms with van der Waals surface area (Å²) in [6.07, 6.45) is 1.44. The van der Waals surface area contributed by atoms with Crippen molar-refractivity contribution in [1.29, 1.82) is 0 Å². The average molecular weight is 585 g/mol. The molecule has 0 bridgehead atoms. The Morgan fingerprint density at radius 3 is 1.10 bits per heavy atom. The lowest BCUT2D eigenvalue weighted by molar-refractivity contribution is 0.0304. The lowest BCUT2D eigenvalue weighted by atomic mass is 9.91. The van der Waals surface area contributed by atoms with Gasteiger partial charge >= 0.3 is 0 Å². The third-order valence-electron chi connectivity index (χ3n) is 8.36. The van der Waals surface area contributed by atoms with Gasteiger partial charge in [0.1, 0.15) is 12.2 Å². The third-order valence-corrected chi connectivity index (χ3v) is 8.36. The quantitative estimate of drug-likeness (QED) is 0.147. The molecule has 0 heterocycles. The molecule has 0 spiro atoms. The van der Waals surface area contributed by atoms with E-state index in [0.29, 0.717) is 0 Å². The lowest BCUT2D eigenvalue weighted by Gasteiger charge is -2.34. The summed E-state index contributed by atoms with van der Waals surface area (Å²) in [7, 11) is 0. The number of hydrogen-bond donors (Lipinski definition) is 0. The highest BCUT2D eigenvalue weighted by molar-refractivity contribution is 5.85. The van der Waals surface area contributed by atoms with Gasteiger partial charge in [-0.15, -0.1) is 12.4 Å². The zero-order valence-electron chi connectivity index (χ0n) is 26.3. The molecule has 0 saturated heterocycles. The molecular formula is C38H49ClN2O. The van der Waals surface area contributed by atoms with Crippen LogP contribution in [0.3, 0.4) is 0 Å². The van der Waals surface area contributed by atoms with Crippen molar-refractivity contribution >= 4 is 23.8 Å². The third kappa shape index (κ3) is 7.19. The Kier molecular flexibility index (Phi) is 13.0. The SMILES string of the molecule is CCc1ccccc1C(OC(c1ccccc1CC)c1ccccc1N(CC)CC)c1ccccc1N(CC)CC.Cl. The van der Waals surface area contributed by atoms with Gasteiger partial charge in [0.25, 0.3) is 0 Å². The number of rotatable bonds is 14. The van der Waals surface area contributed by atoms with E-state index in [1.807, 2.05) is 0 Å². The van der Waals surface area contributed by atoms with Gasteiger partial charge in [-0.05, 0) is 74.9 Å². The molecule has 42 heavy (non-hydrogen) atoms. The molecule has 4 aromatic carbocycles. The van der Waals surface area contributed by atoms with Crippen LogP contribution < -0.4 is 9.80 Å². The van der Waals surface area contributed by atoms with Gasteiger partial charge in [0.2, 0.25) is 0 Å². The molecule has 0 aliphatic carbocycles. The second-order valence-corrected chi connectivity index (χ2v) is 10.5. The van der Waals surface area contributed by atoms with Crippen LogP contribution in [0.1, 0.15) is 87.1 Å². The lowest BCUT2D eigenvalue weighted by Crippen LogP contribution is -2.26. The van der Waals surface area contributed by atoms with Crippen molar-refractivity contribution in [3.63, 3.8) is 0 Å². The van der Waals surface area contributed by atoms with Crippen molar-refractivity contribution < 1.29 is 4.74 Å². The fourth-order valence-corrected chi connectivity index (χ4v) is 6.11. The summed E-state index contributed by atoms with van der Waals surface area (Å²) in [6.45, 7) is 17.2. The van der Waals surface area contributed by atoms with Crippen LogP contribution in [0.4, 0.5) is 11.4 Å². The zero-order chi connectivity index (χ0) is 29.2. The van der Waals surface area contributed by atoms with Gasteiger partial charge in [-0.2, -0.15) is 0 Å². The van der Waals surface area contributed by atoms with Crippen molar-refractivity contribution in [2.45, 2.75) is 66.6 Å². The zero-order valence-corrected chi connectivity index (χ0v) is 27.2. The molecule has 0 N–H and O–H groups in total. The summed E-state index contributed by atoms with van der Waals surface area (Å²) in [4.78, 5) is 4.89. The average Bonchev–Trinajstić information content (AvgIpc) is 3.03. The first kappa shape index (κ1) is 33.2. The van der Waals surface area contributed by atoms with Crippen molar-refractivity contribution in [3.8, 4) is 0 Å². The highest BCUT2D eigenvalue weighted by Gasteiger charge is 2.30. The van der Waals surface area contributed by atoms with Crippen molar-refractivity contribution in [1.82, 2.24) is 0 Å². The molecule has 2 unspecified atom stereocenters. The number of nitrogens with zero attached hydrogens (tertiary/aromatic N) is 2. The summed E-state index contributed by atoms with van der Waals surface area (Å²) < 4.78 is 7.59. The fraction of sp³-hybridized carbons (Fsp3) is 0.368. The van der Waals surface area contributed by atoms with Gasteiger partial charge < -0.3 is 14.5 Å². The molecule has 0 saturated carbocycles. The topological polar surface area (TPSA) is 15.7 Å². The number of para-hydroxylation sites is 2. The number of benzene rings is 4. The maximum absolute atomic E-state index is 7.59. The largest absolute Gasteiger partial charge is 0.372 e. The molecular weight excluding hydrogens is 536 g/mol. The Morgan fingerprint density at radius 1 is 0.452 bits per heavy atom. The summed E-state index contributed by atoms with van der Waals surface area (Å²) in [5.41, 5.74) is 10.1. The predicted octanol–water partition coefficient (Wildman–Crippen LogP) is 9.82. The summed E-state index contributed by atoms with van der Waals surface area (Å²) in [5, 5.41) is 0. The number of halogens is 1. The first-order valence-electron chi connectivity index (χ1n) is 15.6. The molecule has 0 aliphatic rings. The first-order chi connectivity index (χ1) is 20.1. The van der Waals surface area contributed by atoms with Gasteiger partial charge in [-0.25, -0.2) is 0 Å². The van der Waals surface area contributed by atoms with Gasteiger partial charge in [0.15, 0.2) is 0 Å². The van der Waals surface area contributed by atoms with Gasteiger partial charge in [-0.1, -0.05) is 98.8 Å². The van der Waals surface area contributed by atoms with E-state index in [4.69, 9.17) is 4.74 Å². The van der Waals surface area contributed by atoms with Crippen LogP contribution in [0.15, 0.2) is 97.1 Å². The molecule has 4 heteroatoms. The maximum atomic E-state index is 7.59. The Morgan fingerprint density at radius 2 is 0.762 bits per heavy atom. The summed E-state index contributed by atoms with van der Waals surface area (Å²) >= 11 is 0. The Hall–Kier alpha value is -3.27. The van der Waals surface area contributed by atoms with E-state index in [0.717, 1.165) is 39.0 Å². The van der Waals surface area contributed by atoms with Crippen LogP contribution >= 0.6 is 12.4 Å². The number of ether oxygens (including phenoxy) is 1. The molecule has 0 fully saturated rings. The standard InChI is InChI=1S/C38H48N2O.ClH/c1-7-29-21-13-15-23-31(29)37(33-25-17-19-27-35(33)39(9-3)10-4)41-38(32-24-16-14-22-30(32)8-2)34-26-18-20-28-36(34)40(11-5)12-6;/h13-28,37-38H,7-12H2,1-6H3;1H. The first-order valence-corrected chi connectivity index (χ1v) is 15.6. The molecule has 0 aliphatic heterocycles. The molecule has 2 atom stereocenters. The van der Waals surface area contributed by atoms with Crippen LogP contribution in [-0.2, 0) is 17.6 Å². The van der Waals surface area contributed by atoms with Gasteiger partial charge in [-0.3, -0.25) is 0 Å². The van der Waals surface area contributed by atoms with E-state index in [9.17, 15) is 0 Å². The number of aryl methyl sites for hydroxylation is 2. The highest BCUT2D eigenvalue weighted by Crippen LogP contribution is 2.43. The number of anilines is 2. The van der Waals surface area contributed by atoms with Gasteiger partial charge in [0.05, 0.1) is 0 Å². The van der Waals surface area contributed by atoms with Crippen LogP contribution in [-0.4, -0.2) is 26.2 Å². The molecule has 0 aromatic heterocycles. The van der Waals surface area contributed by atoms with E-state index < -0.39 is 0 Å². The van der Waals surface area contributed by atoms with E-state index in [2.05, 4.69) is 148 Å². The second-order valence-electron chi connectivity index (χ2n) is 10.5. The summed E-state index contributed by atoms with van der Waals surface area (Å²) in [6, 6.07) is 35.3. The van der Waals surface area contributed by atoms with Crippen molar-refractivity contribution in [3.05, 3.63) is 130 Å². The van der Waals surface area contributed by atoms with E-state index in [1.54, 1.807) is 0 Å². The maximum Gasteiger partial charge on any atom is 0.111 e. The molecule has 0 amide bonds. The van der Waals surface area contributed by atoms with Crippen LogP contribution in [0.5, 0.6) is 0 Å². The highest BCUT2D eigenvalue weighted by atomic mass is 35.5. The Balaban J connectivity index is 0.00000484. The molecule has 4 aromatic rings.